The van der Waals surface area contributed by atoms with E-state index in [1.165, 1.54) is 6.92 Å². The molecule has 1 amide bonds. The highest BCUT2D eigenvalue weighted by atomic mass is 32.2. The van der Waals surface area contributed by atoms with E-state index in [9.17, 15) is 26.4 Å². The number of fused-ring (bicyclic) bond motifs is 1. The van der Waals surface area contributed by atoms with Gasteiger partial charge in [0.05, 0.1) is 12.2 Å². The number of hydrogen-bond acceptors (Lipinski definition) is 7. The molecule has 0 atom stereocenters. The summed E-state index contributed by atoms with van der Waals surface area (Å²) < 4.78 is 67.5. The number of aryl methyl sites for hydroxylation is 1. The SMILES string of the molecule is CCS(=O)(=O)O.C[N-]c1cccc(C)c1CNc1nc(Nc2ccc3c(c2)CC(=O)N3)ncc1C(F)(F)F. The third kappa shape index (κ3) is 7.55. The summed E-state index contributed by atoms with van der Waals surface area (Å²) in [5.74, 6) is -0.641. The topological polar surface area (TPSA) is 147 Å². The minimum atomic E-state index is -4.62. The molecule has 1 aliphatic heterocycles. The van der Waals surface area contributed by atoms with Gasteiger partial charge in [-0.3, -0.25) is 9.35 Å². The molecule has 4 N–H and O–H groups in total. The average Bonchev–Trinajstić information content (AvgIpc) is 3.21. The molecule has 4 rings (SSSR count). The van der Waals surface area contributed by atoms with E-state index in [4.69, 9.17) is 4.55 Å². The fourth-order valence-electron chi connectivity index (χ4n) is 3.52. The molecule has 0 fully saturated rings. The van der Waals surface area contributed by atoms with Crippen LogP contribution in [0.25, 0.3) is 5.32 Å². The second kappa shape index (κ2) is 11.6. The quantitative estimate of drug-likeness (QED) is 0.294. The number of anilines is 4. The minimum absolute atomic E-state index is 0.00270. The van der Waals surface area contributed by atoms with E-state index in [1.54, 1.807) is 31.3 Å². The van der Waals surface area contributed by atoms with Crippen LogP contribution in [0.4, 0.5) is 42.0 Å². The second-order valence-corrected chi connectivity index (χ2v) is 9.94. The fraction of sp³-hybridized carbons (Fsp3) is 0.292. The van der Waals surface area contributed by atoms with Crippen LogP contribution in [-0.2, 0) is 34.1 Å². The molecule has 0 unspecified atom stereocenters. The molecule has 0 radical (unpaired) electrons. The van der Waals surface area contributed by atoms with Crippen molar-refractivity contribution < 1.29 is 30.9 Å². The van der Waals surface area contributed by atoms with Crippen molar-refractivity contribution in [3.8, 4) is 0 Å². The van der Waals surface area contributed by atoms with E-state index in [1.807, 2.05) is 19.1 Å². The molecule has 14 heteroatoms. The van der Waals surface area contributed by atoms with Crippen molar-refractivity contribution in [2.24, 2.45) is 0 Å². The molecular weight excluding hydrogens is 525 g/mol. The average molecular weight is 552 g/mol. The number of carbonyl (C=O) groups excluding carboxylic acids is 1. The first kappa shape index (κ1) is 28.7. The third-order valence-corrected chi connectivity index (χ3v) is 6.23. The number of carbonyl (C=O) groups is 1. The fourth-order valence-corrected chi connectivity index (χ4v) is 3.52. The van der Waals surface area contributed by atoms with E-state index in [0.29, 0.717) is 17.1 Å². The maximum Gasteiger partial charge on any atom is 0.421 e. The minimum Gasteiger partial charge on any atom is -0.687 e. The highest BCUT2D eigenvalue weighted by molar-refractivity contribution is 7.85. The van der Waals surface area contributed by atoms with Crippen molar-refractivity contribution in [2.75, 3.05) is 28.8 Å². The van der Waals surface area contributed by atoms with Crippen molar-refractivity contribution in [2.45, 2.75) is 33.0 Å². The van der Waals surface area contributed by atoms with Crippen molar-refractivity contribution >= 4 is 44.9 Å². The predicted octanol–water partition coefficient (Wildman–Crippen LogP) is 5.18. The molecule has 0 saturated carbocycles. The molecule has 2 aromatic carbocycles. The molecule has 1 aliphatic rings. The molecule has 3 aromatic rings. The smallest absolute Gasteiger partial charge is 0.421 e. The highest BCUT2D eigenvalue weighted by Crippen LogP contribution is 2.35. The molecule has 0 saturated heterocycles. The number of hydrogen-bond donors (Lipinski definition) is 4. The van der Waals surface area contributed by atoms with Gasteiger partial charge in [-0.15, -0.1) is 12.7 Å². The van der Waals surface area contributed by atoms with E-state index >= 15 is 0 Å². The lowest BCUT2D eigenvalue weighted by atomic mass is 10.1. The third-order valence-electron chi connectivity index (χ3n) is 5.50. The van der Waals surface area contributed by atoms with Crippen molar-refractivity contribution in [3.05, 3.63) is 70.2 Å². The largest absolute Gasteiger partial charge is 0.687 e. The van der Waals surface area contributed by atoms with Gasteiger partial charge in [0, 0.05) is 24.1 Å². The van der Waals surface area contributed by atoms with Gasteiger partial charge in [-0.05, 0) is 48.7 Å². The second-order valence-electron chi connectivity index (χ2n) is 8.20. The number of nitrogens with zero attached hydrogens (tertiary/aromatic N) is 3. The van der Waals surface area contributed by atoms with Crippen LogP contribution in [0, 0.1) is 6.92 Å². The number of halogens is 3. The van der Waals surface area contributed by atoms with Crippen LogP contribution >= 0.6 is 0 Å². The van der Waals surface area contributed by atoms with Crippen molar-refractivity contribution in [3.63, 3.8) is 0 Å². The summed E-state index contributed by atoms with van der Waals surface area (Å²) in [6.07, 6.45) is -3.63. The Labute approximate surface area is 217 Å². The predicted molar refractivity (Wildman–Crippen MR) is 139 cm³/mol. The lowest BCUT2D eigenvalue weighted by molar-refractivity contribution is -0.137. The van der Waals surface area contributed by atoms with Crippen LogP contribution in [0.2, 0.25) is 0 Å². The summed E-state index contributed by atoms with van der Waals surface area (Å²) in [5.41, 5.74) is 3.49. The first-order chi connectivity index (χ1) is 17.8. The summed E-state index contributed by atoms with van der Waals surface area (Å²) in [6.45, 7) is 3.36. The summed E-state index contributed by atoms with van der Waals surface area (Å²) in [5, 5.41) is 12.6. The van der Waals surface area contributed by atoms with Crippen molar-refractivity contribution in [1.29, 1.82) is 0 Å². The van der Waals surface area contributed by atoms with Gasteiger partial charge < -0.3 is 21.3 Å². The number of aromatic nitrogens is 2. The maximum absolute atomic E-state index is 13.5. The summed E-state index contributed by atoms with van der Waals surface area (Å²) in [4.78, 5) is 19.4. The number of rotatable bonds is 7. The van der Waals surface area contributed by atoms with Crippen LogP contribution in [0.15, 0.2) is 42.6 Å². The van der Waals surface area contributed by atoms with Gasteiger partial charge >= 0.3 is 6.18 Å². The number of benzene rings is 2. The Morgan fingerprint density at radius 3 is 2.55 bits per heavy atom. The zero-order valence-corrected chi connectivity index (χ0v) is 21.5. The molecule has 10 nitrogen and oxygen atoms in total. The van der Waals surface area contributed by atoms with E-state index in [0.717, 1.165) is 22.9 Å². The highest BCUT2D eigenvalue weighted by Gasteiger charge is 2.35. The molecule has 2 heterocycles. The van der Waals surface area contributed by atoms with Gasteiger partial charge in [0.25, 0.3) is 10.1 Å². The van der Waals surface area contributed by atoms with Crippen LogP contribution < -0.4 is 16.0 Å². The van der Waals surface area contributed by atoms with Gasteiger partial charge in [-0.2, -0.15) is 26.6 Å². The van der Waals surface area contributed by atoms with E-state index < -0.39 is 21.9 Å². The van der Waals surface area contributed by atoms with Crippen LogP contribution in [0.3, 0.4) is 0 Å². The van der Waals surface area contributed by atoms with Gasteiger partial charge in [-0.25, -0.2) is 4.98 Å². The Kier molecular flexibility index (Phi) is 8.78. The van der Waals surface area contributed by atoms with Crippen molar-refractivity contribution in [1.82, 2.24) is 9.97 Å². The Bertz CT molecular complexity index is 1430. The lowest BCUT2D eigenvalue weighted by Crippen LogP contribution is -2.14. The zero-order chi connectivity index (χ0) is 28.1. The first-order valence-electron chi connectivity index (χ1n) is 11.3. The van der Waals surface area contributed by atoms with Crippen LogP contribution in [0.5, 0.6) is 0 Å². The van der Waals surface area contributed by atoms with Gasteiger partial charge in [-0.1, -0.05) is 18.2 Å². The Hall–Kier alpha value is -3.91. The first-order valence-corrected chi connectivity index (χ1v) is 12.9. The maximum atomic E-state index is 13.5. The van der Waals surface area contributed by atoms with Crippen LogP contribution in [0.1, 0.15) is 29.2 Å². The van der Waals surface area contributed by atoms with Gasteiger partial charge in [0.2, 0.25) is 11.9 Å². The number of alkyl halides is 3. The van der Waals surface area contributed by atoms with E-state index in [2.05, 4.69) is 31.2 Å². The normalized spacial score (nSPS) is 12.7. The zero-order valence-electron chi connectivity index (χ0n) is 20.7. The molecular formula is C24H26F3N6O4S-. The molecule has 0 bridgehead atoms. The molecule has 0 spiro atoms. The lowest BCUT2D eigenvalue weighted by Gasteiger charge is -2.23. The van der Waals surface area contributed by atoms with Gasteiger partial charge in [0.1, 0.15) is 11.4 Å². The summed E-state index contributed by atoms with van der Waals surface area (Å²) >= 11 is 0. The molecule has 1 aromatic heterocycles. The van der Waals surface area contributed by atoms with E-state index in [-0.39, 0.29) is 36.4 Å². The summed E-state index contributed by atoms with van der Waals surface area (Å²) in [7, 11) is -2.03. The summed E-state index contributed by atoms with van der Waals surface area (Å²) in [6, 6.07) is 10.7. The van der Waals surface area contributed by atoms with Crippen LogP contribution in [-0.4, -0.2) is 41.6 Å². The van der Waals surface area contributed by atoms with Gasteiger partial charge in [0.15, 0.2) is 0 Å². The molecule has 0 aliphatic carbocycles. The monoisotopic (exact) mass is 551 g/mol. The Balaban J connectivity index is 0.000000599. The molecule has 38 heavy (non-hydrogen) atoms. The Morgan fingerprint density at radius 1 is 1.21 bits per heavy atom. The standard InChI is InChI=1S/C22H20F3N6O.C2H6O3S/c1-12-4-3-5-18(26-2)15(12)10-27-20-16(22(23,24)25)11-28-21(31-20)29-14-6-7-17-13(8-14)9-19(32)30-17;1-2-6(3,4)5/h3-8,11H,9-10H2,1-2H3,(H,30,32)(H2,27,28,29,31);2H2,1H3,(H,3,4,5)/q-1;. The Morgan fingerprint density at radius 2 is 1.92 bits per heavy atom. The molecule has 204 valence electrons. The number of amides is 1. The number of nitrogens with one attached hydrogen (secondary N) is 3.